The third-order valence-electron chi connectivity index (χ3n) is 5.19. The average molecular weight is 516 g/mol. The standard InChI is InChI=1S/C21H27F3N6O6/c1-10(2)7-13(29-19(35)16(25)32)18(34)28-12(8-11-3-5-26-17(11)33)14(31)9-36-15-4-6-27-20(30-15)21(22,23)24/h4,6,10-13H,3,5,7-9H2,1-2H3,(H2,25,32)(H,26,33)(H,28,34)(H,29,35). The Balaban J connectivity index is 2.17. The minimum absolute atomic E-state index is 0.104. The summed E-state index contributed by atoms with van der Waals surface area (Å²) >= 11 is 0. The Bertz CT molecular complexity index is 1000. The number of Topliss-reactive ketones (excluding diaryl/α,β-unsaturated/α-hetero) is 1. The maximum Gasteiger partial charge on any atom is 0.451 e. The highest BCUT2D eigenvalue weighted by molar-refractivity contribution is 6.34. The van der Waals surface area contributed by atoms with Crippen molar-refractivity contribution < 1.29 is 41.9 Å². The van der Waals surface area contributed by atoms with Crippen molar-refractivity contribution in [3.63, 3.8) is 0 Å². The molecule has 0 saturated carbocycles. The van der Waals surface area contributed by atoms with Crippen LogP contribution in [0.15, 0.2) is 12.3 Å². The molecule has 0 bridgehead atoms. The van der Waals surface area contributed by atoms with Crippen LogP contribution in [0, 0.1) is 11.8 Å². The molecule has 2 rings (SSSR count). The first-order chi connectivity index (χ1) is 16.8. The van der Waals surface area contributed by atoms with Gasteiger partial charge in [-0.3, -0.25) is 24.0 Å². The number of nitrogens with two attached hydrogens (primary N) is 1. The van der Waals surface area contributed by atoms with Crippen LogP contribution in [-0.2, 0) is 30.1 Å². The van der Waals surface area contributed by atoms with Crippen molar-refractivity contribution in [3.8, 4) is 5.88 Å². The molecule has 5 N–H and O–H groups in total. The monoisotopic (exact) mass is 516 g/mol. The molecule has 36 heavy (non-hydrogen) atoms. The maximum absolute atomic E-state index is 12.9. The van der Waals surface area contributed by atoms with Crippen LogP contribution in [0.25, 0.3) is 0 Å². The lowest BCUT2D eigenvalue weighted by molar-refractivity contribution is -0.145. The Morgan fingerprint density at radius 3 is 2.47 bits per heavy atom. The number of rotatable bonds is 11. The Kier molecular flexibility index (Phi) is 9.69. The molecule has 0 aliphatic carbocycles. The van der Waals surface area contributed by atoms with Crippen molar-refractivity contribution in [2.24, 2.45) is 17.6 Å². The van der Waals surface area contributed by atoms with Gasteiger partial charge in [0.05, 0.1) is 6.04 Å². The van der Waals surface area contributed by atoms with Gasteiger partial charge in [0.15, 0.2) is 12.4 Å². The molecule has 0 radical (unpaired) electrons. The number of nitrogens with one attached hydrogen (secondary N) is 3. The third-order valence-corrected chi connectivity index (χ3v) is 5.19. The highest BCUT2D eigenvalue weighted by Crippen LogP contribution is 2.26. The topological polar surface area (TPSA) is 182 Å². The van der Waals surface area contributed by atoms with Gasteiger partial charge in [0, 0.05) is 24.7 Å². The van der Waals surface area contributed by atoms with E-state index >= 15 is 0 Å². The summed E-state index contributed by atoms with van der Waals surface area (Å²) in [6, 6.07) is -1.47. The van der Waals surface area contributed by atoms with Crippen LogP contribution in [0.3, 0.4) is 0 Å². The largest absolute Gasteiger partial charge is 0.469 e. The van der Waals surface area contributed by atoms with Crippen LogP contribution < -0.4 is 26.4 Å². The first-order valence-electron chi connectivity index (χ1n) is 11.0. The average Bonchev–Trinajstić information content (AvgIpc) is 3.19. The molecular weight excluding hydrogens is 489 g/mol. The van der Waals surface area contributed by atoms with Gasteiger partial charge in [0.25, 0.3) is 0 Å². The fraction of sp³-hybridized carbons (Fsp3) is 0.571. The number of primary amides is 1. The number of amides is 4. The molecule has 2 heterocycles. The van der Waals surface area contributed by atoms with Gasteiger partial charge in [-0.25, -0.2) is 4.98 Å². The molecule has 0 aromatic carbocycles. The number of nitrogens with zero attached hydrogens (tertiary/aromatic N) is 2. The van der Waals surface area contributed by atoms with Gasteiger partial charge < -0.3 is 26.4 Å². The number of halogens is 3. The molecule has 1 fully saturated rings. The van der Waals surface area contributed by atoms with Crippen molar-refractivity contribution in [1.82, 2.24) is 25.9 Å². The Morgan fingerprint density at radius 1 is 1.22 bits per heavy atom. The molecule has 1 saturated heterocycles. The van der Waals surface area contributed by atoms with Gasteiger partial charge in [0.1, 0.15) is 6.04 Å². The van der Waals surface area contributed by atoms with Crippen LogP contribution in [0.2, 0.25) is 0 Å². The number of ketones is 1. The first kappa shape index (κ1) is 28.5. The minimum atomic E-state index is -4.82. The van der Waals surface area contributed by atoms with E-state index in [-0.39, 0.29) is 24.7 Å². The van der Waals surface area contributed by atoms with E-state index in [4.69, 9.17) is 10.5 Å². The summed E-state index contributed by atoms with van der Waals surface area (Å²) in [4.78, 5) is 67.0. The predicted molar refractivity (Wildman–Crippen MR) is 116 cm³/mol. The summed E-state index contributed by atoms with van der Waals surface area (Å²) in [7, 11) is 0. The molecule has 12 nitrogen and oxygen atoms in total. The second kappa shape index (κ2) is 12.3. The number of hydrogen-bond acceptors (Lipinski definition) is 8. The van der Waals surface area contributed by atoms with E-state index < -0.39 is 66.0 Å². The second-order valence-electron chi connectivity index (χ2n) is 8.56. The summed E-state index contributed by atoms with van der Waals surface area (Å²) in [6.45, 7) is 3.12. The molecule has 1 aliphatic heterocycles. The number of alkyl halides is 3. The third kappa shape index (κ3) is 8.46. The van der Waals surface area contributed by atoms with Crippen molar-refractivity contribution in [1.29, 1.82) is 0 Å². The smallest absolute Gasteiger partial charge is 0.451 e. The minimum Gasteiger partial charge on any atom is -0.469 e. The van der Waals surface area contributed by atoms with Crippen molar-refractivity contribution in [2.75, 3.05) is 13.2 Å². The van der Waals surface area contributed by atoms with Gasteiger partial charge >= 0.3 is 18.0 Å². The predicted octanol–water partition coefficient (Wildman–Crippen LogP) is -0.529. The Morgan fingerprint density at radius 2 is 1.92 bits per heavy atom. The maximum atomic E-state index is 12.9. The number of aromatic nitrogens is 2. The molecule has 0 spiro atoms. The summed E-state index contributed by atoms with van der Waals surface area (Å²) in [6.07, 6.45) is -3.62. The molecule has 1 aliphatic rings. The van der Waals surface area contributed by atoms with Crippen LogP contribution in [0.4, 0.5) is 13.2 Å². The van der Waals surface area contributed by atoms with Gasteiger partial charge in [-0.05, 0) is 25.2 Å². The molecule has 198 valence electrons. The van der Waals surface area contributed by atoms with E-state index in [9.17, 15) is 37.1 Å². The van der Waals surface area contributed by atoms with Crippen LogP contribution in [0.1, 0.15) is 38.9 Å². The van der Waals surface area contributed by atoms with E-state index in [1.54, 1.807) is 13.8 Å². The van der Waals surface area contributed by atoms with Gasteiger partial charge in [-0.1, -0.05) is 13.8 Å². The van der Waals surface area contributed by atoms with Gasteiger partial charge in [-0.2, -0.15) is 18.2 Å². The van der Waals surface area contributed by atoms with Crippen LogP contribution in [-0.4, -0.2) is 64.6 Å². The van der Waals surface area contributed by atoms with Gasteiger partial charge in [0.2, 0.25) is 23.5 Å². The Hall–Kier alpha value is -3.78. The molecule has 3 unspecified atom stereocenters. The van der Waals surface area contributed by atoms with Crippen LogP contribution in [0.5, 0.6) is 5.88 Å². The van der Waals surface area contributed by atoms with E-state index in [0.29, 0.717) is 13.0 Å². The number of hydrogen-bond donors (Lipinski definition) is 4. The molecular formula is C21H27F3N6O6. The summed E-state index contributed by atoms with van der Waals surface area (Å²) in [5.41, 5.74) is 4.94. The molecule has 1 aromatic rings. The van der Waals surface area contributed by atoms with Crippen molar-refractivity contribution >= 4 is 29.4 Å². The number of carbonyl (C=O) groups is 5. The van der Waals surface area contributed by atoms with E-state index in [2.05, 4.69) is 25.9 Å². The second-order valence-corrected chi connectivity index (χ2v) is 8.56. The fourth-order valence-electron chi connectivity index (χ4n) is 3.43. The van der Waals surface area contributed by atoms with E-state index in [1.165, 1.54) is 0 Å². The quantitative estimate of drug-likeness (QED) is 0.283. The molecule has 4 amide bonds. The number of carbonyl (C=O) groups excluding carboxylic acids is 5. The van der Waals surface area contributed by atoms with Gasteiger partial charge in [-0.15, -0.1) is 0 Å². The lowest BCUT2D eigenvalue weighted by atomic mass is 9.95. The zero-order valence-electron chi connectivity index (χ0n) is 19.6. The zero-order valence-corrected chi connectivity index (χ0v) is 19.6. The highest BCUT2D eigenvalue weighted by atomic mass is 19.4. The van der Waals surface area contributed by atoms with E-state index in [0.717, 1.165) is 12.3 Å². The summed E-state index contributed by atoms with van der Waals surface area (Å²) in [5, 5.41) is 7.27. The summed E-state index contributed by atoms with van der Waals surface area (Å²) < 4.78 is 43.5. The Labute approximate surface area is 203 Å². The molecule has 1 aromatic heterocycles. The zero-order chi connectivity index (χ0) is 27.0. The summed E-state index contributed by atoms with van der Waals surface area (Å²) in [5.74, 6) is -7.07. The fourth-order valence-corrected chi connectivity index (χ4v) is 3.43. The number of ether oxygens (including phenoxy) is 1. The first-order valence-corrected chi connectivity index (χ1v) is 11.0. The lowest BCUT2D eigenvalue weighted by Crippen LogP contribution is -2.54. The highest BCUT2D eigenvalue weighted by Gasteiger charge is 2.36. The SMILES string of the molecule is CC(C)CC(NC(=O)C(N)=O)C(=O)NC(CC1CCNC1=O)C(=O)COc1ccnc(C(F)(F)F)n1. The molecule has 3 atom stereocenters. The van der Waals surface area contributed by atoms with E-state index in [1.807, 2.05) is 0 Å². The van der Waals surface area contributed by atoms with Crippen molar-refractivity contribution in [3.05, 3.63) is 18.1 Å². The molecule has 15 heteroatoms. The normalized spacial score (nSPS) is 17.2. The van der Waals surface area contributed by atoms with Crippen LogP contribution >= 0.6 is 0 Å². The lowest BCUT2D eigenvalue weighted by Gasteiger charge is -2.24. The van der Waals surface area contributed by atoms with Crippen molar-refractivity contribution in [2.45, 2.75) is 51.4 Å².